The lowest BCUT2D eigenvalue weighted by Gasteiger charge is -2.26. The predicted molar refractivity (Wildman–Crippen MR) is 78.6 cm³/mol. The summed E-state index contributed by atoms with van der Waals surface area (Å²) in [6.45, 7) is 2.79. The van der Waals surface area contributed by atoms with Crippen molar-refractivity contribution in [3.05, 3.63) is 17.7 Å². The highest BCUT2D eigenvalue weighted by Gasteiger charge is 2.30. The van der Waals surface area contributed by atoms with E-state index in [1.165, 1.54) is 0 Å². The molecule has 1 aliphatic heterocycles. The molecular formula is C15H22N2O3. The Morgan fingerprint density at radius 3 is 2.55 bits per heavy atom. The number of amides is 1. The van der Waals surface area contributed by atoms with E-state index < -0.39 is 0 Å². The lowest BCUT2D eigenvalue weighted by molar-refractivity contribution is -0.116. The summed E-state index contributed by atoms with van der Waals surface area (Å²) in [6, 6.07) is 3.72. The maximum Gasteiger partial charge on any atom is 0.223 e. The zero-order valence-corrected chi connectivity index (χ0v) is 12.3. The minimum Gasteiger partial charge on any atom is -0.496 e. The van der Waals surface area contributed by atoms with E-state index in [1.807, 2.05) is 12.1 Å². The fourth-order valence-corrected chi connectivity index (χ4v) is 2.89. The van der Waals surface area contributed by atoms with Gasteiger partial charge in [-0.25, -0.2) is 0 Å². The first kappa shape index (κ1) is 14.7. The Balaban J connectivity index is 2.70. The molecule has 5 nitrogen and oxygen atoms in total. The first-order chi connectivity index (χ1) is 9.63. The Bertz CT molecular complexity index is 502. The maximum atomic E-state index is 12.0. The standard InChI is InChI=1S/C15H22N2O3/c1-10(18)17-8-4-5-11(9-16)14-12(19-2)6-7-13(20-3)15(14)17/h6-7,11H,4-5,8-9,16H2,1-3H3. The summed E-state index contributed by atoms with van der Waals surface area (Å²) in [5.74, 6) is 1.65. The zero-order valence-electron chi connectivity index (χ0n) is 12.3. The van der Waals surface area contributed by atoms with Gasteiger partial charge in [0.2, 0.25) is 5.91 Å². The van der Waals surface area contributed by atoms with Crippen LogP contribution >= 0.6 is 0 Å². The van der Waals surface area contributed by atoms with Gasteiger partial charge >= 0.3 is 0 Å². The summed E-state index contributed by atoms with van der Waals surface area (Å²) in [5.41, 5.74) is 7.72. The number of hydrogen-bond acceptors (Lipinski definition) is 4. The Kier molecular flexibility index (Phi) is 4.49. The van der Waals surface area contributed by atoms with E-state index in [0.717, 1.165) is 29.8 Å². The summed E-state index contributed by atoms with van der Waals surface area (Å²) in [5, 5.41) is 0. The second-order valence-corrected chi connectivity index (χ2v) is 4.98. The molecule has 2 N–H and O–H groups in total. The van der Waals surface area contributed by atoms with E-state index in [0.29, 0.717) is 18.8 Å². The van der Waals surface area contributed by atoms with Crippen LogP contribution in [0.2, 0.25) is 0 Å². The van der Waals surface area contributed by atoms with Crippen molar-refractivity contribution < 1.29 is 14.3 Å². The highest BCUT2D eigenvalue weighted by atomic mass is 16.5. The molecule has 1 aromatic carbocycles. The smallest absolute Gasteiger partial charge is 0.223 e. The minimum absolute atomic E-state index is 0.00970. The van der Waals surface area contributed by atoms with Crippen molar-refractivity contribution in [2.45, 2.75) is 25.7 Å². The van der Waals surface area contributed by atoms with E-state index in [1.54, 1.807) is 26.0 Å². The molecule has 1 atom stereocenters. The third-order valence-electron chi connectivity index (χ3n) is 3.86. The van der Waals surface area contributed by atoms with E-state index >= 15 is 0 Å². The largest absolute Gasteiger partial charge is 0.496 e. The summed E-state index contributed by atoms with van der Waals surface area (Å²) in [7, 11) is 3.25. The van der Waals surface area contributed by atoms with Crippen LogP contribution in [0.5, 0.6) is 11.5 Å². The summed E-state index contributed by atoms with van der Waals surface area (Å²) < 4.78 is 10.9. The van der Waals surface area contributed by atoms with Crippen molar-refractivity contribution >= 4 is 11.6 Å². The molecule has 0 fully saturated rings. The third kappa shape index (κ3) is 2.45. The van der Waals surface area contributed by atoms with Crippen LogP contribution in [0, 0.1) is 0 Å². The van der Waals surface area contributed by atoms with Gasteiger partial charge in [0.15, 0.2) is 0 Å². The van der Waals surface area contributed by atoms with Crippen LogP contribution in [0.4, 0.5) is 5.69 Å². The second kappa shape index (κ2) is 6.13. The number of carbonyl (C=O) groups is 1. The molecule has 2 rings (SSSR count). The molecule has 5 heteroatoms. The molecule has 0 radical (unpaired) electrons. The Morgan fingerprint density at radius 2 is 2.00 bits per heavy atom. The number of benzene rings is 1. The number of hydrogen-bond donors (Lipinski definition) is 1. The van der Waals surface area contributed by atoms with Gasteiger partial charge in [-0.3, -0.25) is 4.79 Å². The molecule has 0 spiro atoms. The number of rotatable bonds is 3. The monoisotopic (exact) mass is 278 g/mol. The van der Waals surface area contributed by atoms with Crippen molar-refractivity contribution in [3.8, 4) is 11.5 Å². The van der Waals surface area contributed by atoms with Crippen LogP contribution in [-0.2, 0) is 4.79 Å². The molecule has 1 amide bonds. The first-order valence-corrected chi connectivity index (χ1v) is 6.87. The number of nitrogens with zero attached hydrogens (tertiary/aromatic N) is 1. The third-order valence-corrected chi connectivity index (χ3v) is 3.86. The number of carbonyl (C=O) groups excluding carboxylic acids is 1. The van der Waals surface area contributed by atoms with Crippen molar-refractivity contribution in [3.63, 3.8) is 0 Å². The van der Waals surface area contributed by atoms with E-state index in [9.17, 15) is 4.79 Å². The van der Waals surface area contributed by atoms with E-state index in [2.05, 4.69) is 0 Å². The van der Waals surface area contributed by atoms with Gasteiger partial charge < -0.3 is 20.1 Å². The van der Waals surface area contributed by atoms with Crippen molar-refractivity contribution in [2.24, 2.45) is 5.73 Å². The van der Waals surface area contributed by atoms with Gasteiger partial charge in [-0.1, -0.05) is 0 Å². The highest BCUT2D eigenvalue weighted by molar-refractivity contribution is 5.95. The van der Waals surface area contributed by atoms with Crippen LogP contribution in [0.3, 0.4) is 0 Å². The molecule has 0 saturated heterocycles. The van der Waals surface area contributed by atoms with E-state index in [4.69, 9.17) is 15.2 Å². The van der Waals surface area contributed by atoms with Gasteiger partial charge in [0.05, 0.1) is 19.9 Å². The van der Waals surface area contributed by atoms with Gasteiger partial charge in [-0.05, 0) is 31.5 Å². The number of ether oxygens (including phenoxy) is 2. The fourth-order valence-electron chi connectivity index (χ4n) is 2.89. The average molecular weight is 278 g/mol. The normalized spacial score (nSPS) is 18.2. The molecular weight excluding hydrogens is 256 g/mol. The minimum atomic E-state index is 0.00970. The molecule has 110 valence electrons. The number of anilines is 1. The van der Waals surface area contributed by atoms with Crippen LogP contribution < -0.4 is 20.1 Å². The Hall–Kier alpha value is -1.75. The van der Waals surface area contributed by atoms with Crippen LogP contribution in [0.25, 0.3) is 0 Å². The number of methoxy groups -OCH3 is 2. The number of fused-ring (bicyclic) bond motifs is 1. The summed E-state index contributed by atoms with van der Waals surface area (Å²) >= 11 is 0. The summed E-state index contributed by atoms with van der Waals surface area (Å²) in [6.07, 6.45) is 1.86. The maximum absolute atomic E-state index is 12.0. The van der Waals surface area contributed by atoms with Crippen molar-refractivity contribution in [1.82, 2.24) is 0 Å². The Morgan fingerprint density at radius 1 is 1.35 bits per heavy atom. The van der Waals surface area contributed by atoms with Crippen molar-refractivity contribution in [2.75, 3.05) is 32.2 Å². The SMILES string of the molecule is COc1ccc(OC)c2c1C(CN)CCCN2C(C)=O. The van der Waals surface area contributed by atoms with Crippen LogP contribution in [-0.4, -0.2) is 33.2 Å². The topological polar surface area (TPSA) is 64.8 Å². The zero-order chi connectivity index (χ0) is 14.7. The van der Waals surface area contributed by atoms with Crippen molar-refractivity contribution in [1.29, 1.82) is 0 Å². The molecule has 0 aliphatic carbocycles. The molecule has 1 heterocycles. The number of nitrogens with two attached hydrogens (primary N) is 1. The molecule has 20 heavy (non-hydrogen) atoms. The van der Waals surface area contributed by atoms with Gasteiger partial charge in [0.1, 0.15) is 11.5 Å². The first-order valence-electron chi connectivity index (χ1n) is 6.87. The van der Waals surface area contributed by atoms with Gasteiger partial charge in [0, 0.05) is 24.9 Å². The quantitative estimate of drug-likeness (QED) is 0.917. The predicted octanol–water partition coefficient (Wildman–Crippen LogP) is 1.89. The lowest BCUT2D eigenvalue weighted by atomic mass is 9.93. The molecule has 1 aromatic rings. The molecule has 0 aromatic heterocycles. The second-order valence-electron chi connectivity index (χ2n) is 4.98. The van der Waals surface area contributed by atoms with Crippen LogP contribution in [0.15, 0.2) is 12.1 Å². The molecule has 1 aliphatic rings. The molecule has 0 bridgehead atoms. The van der Waals surface area contributed by atoms with Gasteiger partial charge in [-0.15, -0.1) is 0 Å². The van der Waals surface area contributed by atoms with E-state index in [-0.39, 0.29) is 11.8 Å². The Labute approximate surface area is 119 Å². The van der Waals surface area contributed by atoms with Gasteiger partial charge in [0.25, 0.3) is 0 Å². The molecule has 0 saturated carbocycles. The molecule has 1 unspecified atom stereocenters. The fraction of sp³-hybridized carbons (Fsp3) is 0.533. The average Bonchev–Trinajstić information content (AvgIpc) is 2.65. The summed E-state index contributed by atoms with van der Waals surface area (Å²) in [4.78, 5) is 13.7. The highest BCUT2D eigenvalue weighted by Crippen LogP contribution is 2.45. The van der Waals surface area contributed by atoms with Crippen LogP contribution in [0.1, 0.15) is 31.2 Å². The van der Waals surface area contributed by atoms with Gasteiger partial charge in [-0.2, -0.15) is 0 Å². The lowest BCUT2D eigenvalue weighted by Crippen LogP contribution is -2.29.